The molecule has 0 saturated carbocycles. The van der Waals surface area contributed by atoms with E-state index in [1.54, 1.807) is 9.48 Å². The van der Waals surface area contributed by atoms with Crippen molar-refractivity contribution >= 4 is 39.1 Å². The molecule has 0 aromatic heterocycles. The zero-order valence-electron chi connectivity index (χ0n) is 23.1. The number of carboxylic acids is 2. The number of benzene rings is 2. The Bertz CT molecular complexity index is 1630. The van der Waals surface area contributed by atoms with E-state index >= 15 is 0 Å². The van der Waals surface area contributed by atoms with Gasteiger partial charge in [-0.2, -0.15) is 13.0 Å². The summed E-state index contributed by atoms with van der Waals surface area (Å²) >= 11 is 0. The lowest BCUT2D eigenvalue weighted by molar-refractivity contribution is -0.428. The van der Waals surface area contributed by atoms with E-state index in [1.165, 1.54) is 18.2 Å². The van der Waals surface area contributed by atoms with Crippen LogP contribution < -0.4 is 10.6 Å². The van der Waals surface area contributed by atoms with Gasteiger partial charge in [0, 0.05) is 41.1 Å². The summed E-state index contributed by atoms with van der Waals surface area (Å²) < 4.78 is 34.9. The molecule has 0 aliphatic carbocycles. The van der Waals surface area contributed by atoms with E-state index in [2.05, 4.69) is 0 Å². The van der Waals surface area contributed by atoms with Crippen LogP contribution in [0, 0.1) is 0 Å². The summed E-state index contributed by atoms with van der Waals surface area (Å²) in [5.74, 6) is -2.05. The molecule has 2 aromatic rings. The standard InChI is InChI=1S/C29H33N3O7S/c1-17(10-24-28(2,3)20-12-18(14-30)6-8-22(20)31(24)15-26(33)34)11-25-29(4,5)21-13-19(40(37,38)39)7-9-23(21)32(25)16-27(35)36/h6-13H,14-16,30H2,1-5H3,(H2-,33,34,35,36,37,38,39)/p+1. The highest BCUT2D eigenvalue weighted by atomic mass is 32.2. The van der Waals surface area contributed by atoms with Gasteiger partial charge >= 0.3 is 11.9 Å². The minimum absolute atomic E-state index is 0.241. The normalized spacial score (nSPS) is 18.7. The smallest absolute Gasteiger partial charge is 0.370 e. The maximum atomic E-state index is 11.8. The second-order valence-corrected chi connectivity index (χ2v) is 12.6. The van der Waals surface area contributed by atoms with Crippen molar-refractivity contribution < 1.29 is 37.3 Å². The molecule has 0 unspecified atom stereocenters. The summed E-state index contributed by atoms with van der Waals surface area (Å²) in [4.78, 5) is 25.2. The maximum absolute atomic E-state index is 11.8. The predicted molar refractivity (Wildman–Crippen MR) is 151 cm³/mol. The molecular weight excluding hydrogens is 534 g/mol. The van der Waals surface area contributed by atoms with Crippen molar-refractivity contribution in [3.8, 4) is 0 Å². The molecule has 0 atom stereocenters. The lowest BCUT2D eigenvalue weighted by atomic mass is 9.80. The molecule has 0 bridgehead atoms. The fraction of sp³-hybridized carbons (Fsp3) is 0.345. The van der Waals surface area contributed by atoms with E-state index in [-0.39, 0.29) is 18.0 Å². The van der Waals surface area contributed by atoms with Crippen LogP contribution in [0.4, 0.5) is 11.4 Å². The summed E-state index contributed by atoms with van der Waals surface area (Å²) in [5, 5.41) is 19.4. The first-order chi connectivity index (χ1) is 18.5. The van der Waals surface area contributed by atoms with Gasteiger partial charge in [0.05, 0.1) is 10.3 Å². The van der Waals surface area contributed by atoms with Crippen LogP contribution in [-0.4, -0.2) is 58.5 Å². The molecule has 40 heavy (non-hydrogen) atoms. The number of rotatable bonds is 8. The summed E-state index contributed by atoms with van der Waals surface area (Å²) in [6.45, 7) is 9.35. The molecule has 4 rings (SSSR count). The Morgan fingerprint density at radius 1 is 1.00 bits per heavy atom. The van der Waals surface area contributed by atoms with E-state index < -0.39 is 32.9 Å². The molecule has 5 N–H and O–H groups in total. The quantitative estimate of drug-likeness (QED) is 0.276. The zero-order chi connectivity index (χ0) is 29.8. The second-order valence-electron chi connectivity index (χ2n) is 11.2. The first-order valence-corrected chi connectivity index (χ1v) is 14.1. The molecule has 0 radical (unpaired) electrons. The van der Waals surface area contributed by atoms with Crippen LogP contribution in [0.25, 0.3) is 0 Å². The van der Waals surface area contributed by atoms with Gasteiger partial charge in [0.2, 0.25) is 12.2 Å². The maximum Gasteiger partial charge on any atom is 0.370 e. The molecule has 2 aliphatic rings. The minimum atomic E-state index is -4.46. The average molecular weight is 569 g/mol. The molecule has 11 heteroatoms. The van der Waals surface area contributed by atoms with Crippen molar-refractivity contribution in [3.63, 3.8) is 0 Å². The number of anilines is 1. The monoisotopic (exact) mass is 568 g/mol. The fourth-order valence-corrected chi connectivity index (χ4v) is 6.18. The summed E-state index contributed by atoms with van der Waals surface area (Å²) in [6, 6.07) is 9.88. The molecule has 2 aromatic carbocycles. The van der Waals surface area contributed by atoms with Crippen LogP contribution in [0.5, 0.6) is 0 Å². The lowest BCUT2D eigenvalue weighted by Gasteiger charge is -2.26. The fourth-order valence-electron chi connectivity index (χ4n) is 5.67. The Labute approximate surface area is 233 Å². The number of nitrogens with zero attached hydrogens (tertiary/aromatic N) is 2. The number of aliphatic carboxylic acids is 2. The molecule has 0 amide bonds. The Kier molecular flexibility index (Phi) is 7.29. The van der Waals surface area contributed by atoms with Gasteiger partial charge in [-0.05, 0) is 61.7 Å². The third-order valence-corrected chi connectivity index (χ3v) is 8.52. The van der Waals surface area contributed by atoms with E-state index in [0.29, 0.717) is 23.5 Å². The van der Waals surface area contributed by atoms with Crippen molar-refractivity contribution in [2.24, 2.45) is 5.73 Å². The Morgan fingerprint density at radius 3 is 2.25 bits per heavy atom. The minimum Gasteiger partial charge on any atom is -0.480 e. The number of carboxylic acid groups (broad SMARTS) is 2. The average Bonchev–Trinajstić information content (AvgIpc) is 3.17. The molecule has 0 spiro atoms. The first kappa shape index (κ1) is 29.2. The Hall–Kier alpha value is -3.80. The zero-order valence-corrected chi connectivity index (χ0v) is 23.9. The Balaban J connectivity index is 1.88. The Morgan fingerprint density at radius 2 is 1.68 bits per heavy atom. The SMILES string of the molecule is CC(=CC1=[N+](CC(=O)O)c2ccc(S(=O)(=O)O)cc2C1(C)C)C=C1N(CC(=O)O)c2ccc(CN)cc2C1(C)C. The van der Waals surface area contributed by atoms with E-state index in [9.17, 15) is 32.8 Å². The summed E-state index contributed by atoms with van der Waals surface area (Å²) in [6.07, 6.45) is 3.74. The van der Waals surface area contributed by atoms with Gasteiger partial charge in [-0.1, -0.05) is 26.0 Å². The number of allylic oxidation sites excluding steroid dienone is 4. The third kappa shape index (κ3) is 5.07. The van der Waals surface area contributed by atoms with Gasteiger partial charge in [-0.15, -0.1) is 0 Å². The van der Waals surface area contributed by atoms with E-state index in [1.807, 2.05) is 65.0 Å². The van der Waals surface area contributed by atoms with Gasteiger partial charge in [-0.25, -0.2) is 4.79 Å². The van der Waals surface area contributed by atoms with Crippen molar-refractivity contribution in [3.05, 3.63) is 76.5 Å². The van der Waals surface area contributed by atoms with Crippen LogP contribution in [0.15, 0.2) is 64.7 Å². The summed E-state index contributed by atoms with van der Waals surface area (Å²) in [5.41, 5.74) is 10.4. The lowest BCUT2D eigenvalue weighted by Crippen LogP contribution is -2.31. The van der Waals surface area contributed by atoms with Gasteiger partial charge < -0.3 is 20.8 Å². The highest BCUT2D eigenvalue weighted by Gasteiger charge is 2.46. The first-order valence-electron chi connectivity index (χ1n) is 12.7. The number of hydrogen-bond acceptors (Lipinski definition) is 6. The highest BCUT2D eigenvalue weighted by Crippen LogP contribution is 2.48. The van der Waals surface area contributed by atoms with Crippen LogP contribution in [0.3, 0.4) is 0 Å². The molecule has 212 valence electrons. The molecule has 0 fully saturated rings. The molecule has 2 aliphatic heterocycles. The van der Waals surface area contributed by atoms with Gasteiger partial charge in [0.1, 0.15) is 6.54 Å². The summed E-state index contributed by atoms with van der Waals surface area (Å²) in [7, 11) is -4.46. The van der Waals surface area contributed by atoms with Gasteiger partial charge in [0.25, 0.3) is 10.1 Å². The van der Waals surface area contributed by atoms with Crippen molar-refractivity contribution in [2.45, 2.75) is 56.9 Å². The van der Waals surface area contributed by atoms with Gasteiger partial charge in [-0.3, -0.25) is 9.35 Å². The molecule has 0 saturated heterocycles. The predicted octanol–water partition coefficient (Wildman–Crippen LogP) is 3.57. The number of carbonyl (C=O) groups is 2. The van der Waals surface area contributed by atoms with Crippen LogP contribution in [-0.2, 0) is 37.1 Å². The largest absolute Gasteiger partial charge is 0.480 e. The highest BCUT2D eigenvalue weighted by molar-refractivity contribution is 7.85. The number of hydrogen-bond donors (Lipinski definition) is 4. The van der Waals surface area contributed by atoms with E-state index in [0.717, 1.165) is 28.1 Å². The second kappa shape index (κ2) is 9.99. The van der Waals surface area contributed by atoms with Crippen molar-refractivity contribution in [1.29, 1.82) is 0 Å². The molecule has 10 nitrogen and oxygen atoms in total. The molecular formula is C29H34N3O7S+. The van der Waals surface area contributed by atoms with Crippen LogP contribution in [0.1, 0.15) is 51.3 Å². The topological polar surface area (TPSA) is 161 Å². The van der Waals surface area contributed by atoms with Crippen molar-refractivity contribution in [2.75, 3.05) is 18.0 Å². The number of nitrogens with two attached hydrogens (primary N) is 1. The number of fused-ring (bicyclic) bond motifs is 2. The third-order valence-electron chi connectivity index (χ3n) is 7.67. The van der Waals surface area contributed by atoms with Crippen LogP contribution >= 0.6 is 0 Å². The van der Waals surface area contributed by atoms with E-state index in [4.69, 9.17) is 5.73 Å². The van der Waals surface area contributed by atoms with Gasteiger partial charge in [0.15, 0.2) is 5.71 Å². The van der Waals surface area contributed by atoms with Crippen LogP contribution in [0.2, 0.25) is 0 Å². The molecule has 2 heterocycles. The van der Waals surface area contributed by atoms with Crippen molar-refractivity contribution in [1.82, 2.24) is 0 Å².